The lowest BCUT2D eigenvalue weighted by atomic mass is 10.2. The second kappa shape index (κ2) is 8.24. The molecule has 4 heterocycles. The number of amides is 1. The van der Waals surface area contributed by atoms with Crippen LogP contribution in [0.3, 0.4) is 0 Å². The van der Waals surface area contributed by atoms with Crippen molar-refractivity contribution in [1.29, 1.82) is 0 Å². The summed E-state index contributed by atoms with van der Waals surface area (Å²) < 4.78 is 5.52. The highest BCUT2D eigenvalue weighted by Gasteiger charge is 2.28. The van der Waals surface area contributed by atoms with Crippen molar-refractivity contribution in [3.05, 3.63) is 6.07 Å². The first-order chi connectivity index (χ1) is 13.9. The van der Waals surface area contributed by atoms with Gasteiger partial charge in [-0.05, 0) is 46.5 Å². The van der Waals surface area contributed by atoms with Gasteiger partial charge in [0.05, 0.1) is 0 Å². The Morgan fingerprint density at radius 3 is 1.79 bits per heavy atom. The van der Waals surface area contributed by atoms with Crippen molar-refractivity contribution in [1.82, 2.24) is 14.9 Å². The fourth-order valence-electron chi connectivity index (χ4n) is 4.18. The maximum atomic E-state index is 12.4. The Bertz CT molecular complexity index is 680. The van der Waals surface area contributed by atoms with E-state index >= 15 is 0 Å². The van der Waals surface area contributed by atoms with Crippen LogP contribution >= 0.6 is 0 Å². The van der Waals surface area contributed by atoms with Crippen molar-refractivity contribution < 1.29 is 9.53 Å². The molecule has 0 radical (unpaired) electrons. The van der Waals surface area contributed by atoms with Gasteiger partial charge in [0.2, 0.25) is 5.95 Å². The van der Waals surface area contributed by atoms with Crippen LogP contribution in [0.4, 0.5) is 22.4 Å². The first-order valence-corrected chi connectivity index (χ1v) is 11.0. The average molecular weight is 403 g/mol. The third-order valence-electron chi connectivity index (χ3n) is 5.76. The Hall–Kier alpha value is -2.25. The Balaban J connectivity index is 1.48. The van der Waals surface area contributed by atoms with Gasteiger partial charge in [-0.25, -0.2) is 4.79 Å². The second-order valence-corrected chi connectivity index (χ2v) is 9.23. The smallest absolute Gasteiger partial charge is 0.410 e. The largest absolute Gasteiger partial charge is 0.444 e. The molecule has 1 aromatic rings. The Labute approximate surface area is 173 Å². The van der Waals surface area contributed by atoms with E-state index < -0.39 is 5.60 Å². The van der Waals surface area contributed by atoms with Gasteiger partial charge >= 0.3 is 6.09 Å². The number of piperazine rings is 1. The highest BCUT2D eigenvalue weighted by molar-refractivity contribution is 5.68. The highest BCUT2D eigenvalue weighted by atomic mass is 16.6. The molecule has 160 valence electrons. The number of anilines is 3. The lowest BCUT2D eigenvalue weighted by Crippen LogP contribution is -2.50. The van der Waals surface area contributed by atoms with Crippen molar-refractivity contribution >= 4 is 23.7 Å². The van der Waals surface area contributed by atoms with Crippen molar-refractivity contribution in [3.8, 4) is 0 Å². The van der Waals surface area contributed by atoms with E-state index in [1.165, 1.54) is 25.7 Å². The molecule has 3 aliphatic heterocycles. The van der Waals surface area contributed by atoms with Gasteiger partial charge in [-0.2, -0.15) is 9.97 Å². The minimum atomic E-state index is -0.462. The summed E-state index contributed by atoms with van der Waals surface area (Å²) in [4.78, 5) is 30.9. The minimum absolute atomic E-state index is 0.227. The van der Waals surface area contributed by atoms with Crippen LogP contribution in [0.5, 0.6) is 0 Å². The molecule has 4 rings (SSSR count). The number of rotatable bonds is 3. The van der Waals surface area contributed by atoms with Crippen LogP contribution < -0.4 is 14.7 Å². The minimum Gasteiger partial charge on any atom is -0.444 e. The molecule has 0 aromatic carbocycles. The number of aromatic nitrogens is 2. The van der Waals surface area contributed by atoms with Gasteiger partial charge in [0.15, 0.2) is 0 Å². The second-order valence-electron chi connectivity index (χ2n) is 9.23. The number of carbonyl (C=O) groups excluding carboxylic acids is 1. The van der Waals surface area contributed by atoms with Crippen LogP contribution in [0.25, 0.3) is 0 Å². The third kappa shape index (κ3) is 4.85. The van der Waals surface area contributed by atoms with Crippen LogP contribution in [0, 0.1) is 0 Å². The van der Waals surface area contributed by atoms with Crippen LogP contribution in [-0.2, 0) is 4.74 Å². The van der Waals surface area contributed by atoms with E-state index in [0.717, 1.165) is 56.9 Å². The first kappa shape index (κ1) is 20.0. The molecule has 0 atom stereocenters. The predicted octanol–water partition coefficient (Wildman–Crippen LogP) is 2.73. The molecule has 8 nitrogen and oxygen atoms in total. The van der Waals surface area contributed by atoms with E-state index in [4.69, 9.17) is 14.7 Å². The fourth-order valence-corrected chi connectivity index (χ4v) is 4.18. The molecule has 1 aromatic heterocycles. The van der Waals surface area contributed by atoms with Gasteiger partial charge < -0.3 is 24.3 Å². The Morgan fingerprint density at radius 1 is 0.793 bits per heavy atom. The lowest BCUT2D eigenvalue weighted by Gasteiger charge is -2.36. The molecule has 1 amide bonds. The zero-order valence-electron chi connectivity index (χ0n) is 18.1. The Morgan fingerprint density at radius 2 is 1.28 bits per heavy atom. The third-order valence-corrected chi connectivity index (χ3v) is 5.76. The fraction of sp³-hybridized carbons (Fsp3) is 0.762. The highest BCUT2D eigenvalue weighted by Crippen LogP contribution is 2.28. The summed E-state index contributed by atoms with van der Waals surface area (Å²) in [7, 11) is 0. The summed E-state index contributed by atoms with van der Waals surface area (Å²) in [6.45, 7) is 12.7. The van der Waals surface area contributed by atoms with Crippen molar-refractivity contribution in [2.45, 2.75) is 52.1 Å². The molecule has 3 aliphatic rings. The van der Waals surface area contributed by atoms with Crippen LogP contribution in [0.2, 0.25) is 0 Å². The van der Waals surface area contributed by atoms with E-state index in [9.17, 15) is 4.79 Å². The van der Waals surface area contributed by atoms with E-state index in [-0.39, 0.29) is 6.09 Å². The van der Waals surface area contributed by atoms with Crippen LogP contribution in [0.1, 0.15) is 46.5 Å². The molecule has 0 aliphatic carbocycles. The van der Waals surface area contributed by atoms with E-state index in [1.54, 1.807) is 4.90 Å². The summed E-state index contributed by atoms with van der Waals surface area (Å²) in [5.41, 5.74) is -0.462. The van der Waals surface area contributed by atoms with E-state index in [1.807, 2.05) is 20.8 Å². The molecule has 29 heavy (non-hydrogen) atoms. The molecule has 0 N–H and O–H groups in total. The molecular formula is C21H34N6O2. The molecular weight excluding hydrogens is 368 g/mol. The quantitative estimate of drug-likeness (QED) is 0.770. The van der Waals surface area contributed by atoms with Crippen molar-refractivity contribution in [2.75, 3.05) is 67.1 Å². The van der Waals surface area contributed by atoms with Gasteiger partial charge in [0, 0.05) is 58.4 Å². The zero-order chi connectivity index (χ0) is 20.4. The number of hydrogen-bond donors (Lipinski definition) is 0. The molecule has 0 saturated carbocycles. The topological polar surface area (TPSA) is 65.0 Å². The molecule has 0 spiro atoms. The molecule has 0 bridgehead atoms. The molecule has 3 saturated heterocycles. The average Bonchev–Trinajstić information content (AvgIpc) is 3.40. The van der Waals surface area contributed by atoms with Gasteiger partial charge in [-0.3, -0.25) is 0 Å². The van der Waals surface area contributed by atoms with Crippen molar-refractivity contribution in [3.63, 3.8) is 0 Å². The van der Waals surface area contributed by atoms with E-state index in [0.29, 0.717) is 13.1 Å². The first-order valence-electron chi connectivity index (χ1n) is 11.0. The normalized spacial score (nSPS) is 20.5. The maximum Gasteiger partial charge on any atom is 0.410 e. The summed E-state index contributed by atoms with van der Waals surface area (Å²) >= 11 is 0. The van der Waals surface area contributed by atoms with Gasteiger partial charge in [0.25, 0.3) is 0 Å². The van der Waals surface area contributed by atoms with Crippen LogP contribution in [-0.4, -0.2) is 78.9 Å². The number of nitrogens with zero attached hydrogens (tertiary/aromatic N) is 6. The number of hydrogen-bond acceptors (Lipinski definition) is 7. The SMILES string of the molecule is CC(C)(C)OC(=O)N1CCN(c2cc(N3CCCC3)nc(N3CCCC3)n2)CC1. The number of carbonyl (C=O) groups is 1. The van der Waals surface area contributed by atoms with Crippen molar-refractivity contribution in [2.24, 2.45) is 0 Å². The standard InChI is InChI=1S/C21H34N6O2/c1-21(2,3)29-20(28)27-14-12-25(13-15-27)18-16-17(24-8-4-5-9-24)22-19(23-18)26-10-6-7-11-26/h16H,4-15H2,1-3H3. The van der Waals surface area contributed by atoms with Gasteiger partial charge in [-0.1, -0.05) is 0 Å². The van der Waals surface area contributed by atoms with Gasteiger partial charge in [-0.15, -0.1) is 0 Å². The number of ether oxygens (including phenoxy) is 1. The van der Waals surface area contributed by atoms with Gasteiger partial charge in [0.1, 0.15) is 17.2 Å². The zero-order valence-corrected chi connectivity index (χ0v) is 18.1. The summed E-state index contributed by atoms with van der Waals surface area (Å²) in [6.07, 6.45) is 4.65. The van der Waals surface area contributed by atoms with E-state index in [2.05, 4.69) is 20.8 Å². The molecule has 0 unspecified atom stereocenters. The molecule has 8 heteroatoms. The summed E-state index contributed by atoms with van der Waals surface area (Å²) in [5, 5.41) is 0. The maximum absolute atomic E-state index is 12.4. The predicted molar refractivity (Wildman–Crippen MR) is 115 cm³/mol. The monoisotopic (exact) mass is 402 g/mol. The Kier molecular flexibility index (Phi) is 5.69. The van der Waals surface area contributed by atoms with Crippen LogP contribution in [0.15, 0.2) is 6.07 Å². The summed E-state index contributed by atoms with van der Waals surface area (Å²) in [6, 6.07) is 2.13. The lowest BCUT2D eigenvalue weighted by molar-refractivity contribution is 0.0240. The molecule has 3 fully saturated rings. The summed E-state index contributed by atoms with van der Waals surface area (Å²) in [5.74, 6) is 2.88.